The first-order chi connectivity index (χ1) is 10.4. The minimum absolute atomic E-state index is 0.764. The molecule has 0 saturated carbocycles. The van der Waals surface area contributed by atoms with Gasteiger partial charge in [0, 0.05) is 28.7 Å². The number of aryl methyl sites for hydroxylation is 1. The first kappa shape index (κ1) is 13.5. The van der Waals surface area contributed by atoms with Gasteiger partial charge in [0.05, 0.1) is 0 Å². The van der Waals surface area contributed by atoms with E-state index in [4.69, 9.17) is 0 Å². The predicted octanol–water partition coefficient (Wildman–Crippen LogP) is 4.29. The van der Waals surface area contributed by atoms with Gasteiger partial charge in [-0.3, -0.25) is 0 Å². The lowest BCUT2D eigenvalue weighted by Gasteiger charge is -2.36. The number of H-pyrrole nitrogens is 1. The highest BCUT2D eigenvalue weighted by molar-refractivity contribution is 7.99. The van der Waals surface area contributed by atoms with Crippen LogP contribution in [0.5, 0.6) is 0 Å². The quantitative estimate of drug-likeness (QED) is 0.908. The van der Waals surface area contributed by atoms with Gasteiger partial charge in [0.2, 0.25) is 0 Å². The SMILES string of the molecule is c1cc(Sc2ccc3c(c2)CCC[C@H]3CN2CCC2)c[nH]1. The normalized spacial score (nSPS) is 21.8. The van der Waals surface area contributed by atoms with Crippen LogP contribution in [0.1, 0.15) is 36.3 Å². The summed E-state index contributed by atoms with van der Waals surface area (Å²) >= 11 is 1.86. The van der Waals surface area contributed by atoms with E-state index in [2.05, 4.69) is 40.3 Å². The Morgan fingerprint density at radius 3 is 2.86 bits per heavy atom. The van der Waals surface area contributed by atoms with Gasteiger partial charge >= 0.3 is 0 Å². The number of aromatic nitrogens is 1. The van der Waals surface area contributed by atoms with Crippen molar-refractivity contribution in [3.05, 3.63) is 47.8 Å². The van der Waals surface area contributed by atoms with Gasteiger partial charge in [-0.15, -0.1) is 0 Å². The average Bonchev–Trinajstić information content (AvgIpc) is 2.95. The summed E-state index contributed by atoms with van der Waals surface area (Å²) in [7, 11) is 0. The molecule has 2 nitrogen and oxygen atoms in total. The van der Waals surface area contributed by atoms with E-state index in [9.17, 15) is 0 Å². The van der Waals surface area contributed by atoms with Crippen LogP contribution < -0.4 is 0 Å². The lowest BCUT2D eigenvalue weighted by molar-refractivity contribution is 0.165. The number of hydrogen-bond donors (Lipinski definition) is 1. The summed E-state index contributed by atoms with van der Waals surface area (Å²) < 4.78 is 0. The molecular weight excluding hydrogens is 276 g/mol. The third-order valence-corrected chi connectivity index (χ3v) is 5.76. The largest absolute Gasteiger partial charge is 0.367 e. The molecule has 0 unspecified atom stereocenters. The van der Waals surface area contributed by atoms with Gasteiger partial charge in [-0.05, 0) is 74.0 Å². The zero-order valence-electron chi connectivity index (χ0n) is 12.3. The van der Waals surface area contributed by atoms with Gasteiger partial charge < -0.3 is 9.88 Å². The molecule has 110 valence electrons. The number of hydrogen-bond acceptors (Lipinski definition) is 2. The van der Waals surface area contributed by atoms with Crippen molar-refractivity contribution in [3.63, 3.8) is 0 Å². The highest BCUT2D eigenvalue weighted by Crippen LogP contribution is 2.36. The van der Waals surface area contributed by atoms with Crippen molar-refractivity contribution in [2.24, 2.45) is 0 Å². The van der Waals surface area contributed by atoms with Crippen LogP contribution in [0.4, 0.5) is 0 Å². The summed E-state index contributed by atoms with van der Waals surface area (Å²) in [5.74, 6) is 0.764. The number of likely N-dealkylation sites (tertiary alicyclic amines) is 1. The molecule has 0 amide bonds. The van der Waals surface area contributed by atoms with Crippen LogP contribution in [0.2, 0.25) is 0 Å². The van der Waals surface area contributed by atoms with Gasteiger partial charge in [0.25, 0.3) is 0 Å². The van der Waals surface area contributed by atoms with Crippen LogP contribution in [0.15, 0.2) is 46.5 Å². The number of nitrogens with zero attached hydrogens (tertiary/aromatic N) is 1. The fourth-order valence-electron chi connectivity index (χ4n) is 3.53. The summed E-state index contributed by atoms with van der Waals surface area (Å²) in [5.41, 5.74) is 3.21. The molecule has 4 rings (SSSR count). The second-order valence-electron chi connectivity index (χ2n) is 6.25. The zero-order chi connectivity index (χ0) is 14.1. The summed E-state index contributed by atoms with van der Waals surface area (Å²) in [6.07, 6.45) is 9.43. The second-order valence-corrected chi connectivity index (χ2v) is 7.40. The summed E-state index contributed by atoms with van der Waals surface area (Å²) in [6.45, 7) is 3.90. The standard InChI is InChI=1S/C18H22N2S/c1-3-14-11-16(21-17-7-8-19-12-17)5-6-18(14)15(4-1)13-20-9-2-10-20/h5-8,11-12,15,19H,1-4,9-10,13H2/t15-/m0/s1. The lowest BCUT2D eigenvalue weighted by atomic mass is 9.82. The molecule has 0 spiro atoms. The van der Waals surface area contributed by atoms with E-state index >= 15 is 0 Å². The fraction of sp³-hybridized carbons (Fsp3) is 0.444. The third-order valence-electron chi connectivity index (χ3n) is 4.79. The predicted molar refractivity (Wildman–Crippen MR) is 88.1 cm³/mol. The van der Waals surface area contributed by atoms with Crippen molar-refractivity contribution in [3.8, 4) is 0 Å². The minimum Gasteiger partial charge on any atom is -0.367 e. The van der Waals surface area contributed by atoms with E-state index in [-0.39, 0.29) is 0 Å². The molecule has 0 bridgehead atoms. The Labute approximate surface area is 130 Å². The molecule has 21 heavy (non-hydrogen) atoms. The lowest BCUT2D eigenvalue weighted by Crippen LogP contribution is -2.40. The molecule has 1 aromatic heterocycles. The van der Waals surface area contributed by atoms with Gasteiger partial charge in [-0.1, -0.05) is 17.8 Å². The summed E-state index contributed by atoms with van der Waals surface area (Å²) in [4.78, 5) is 8.41. The van der Waals surface area contributed by atoms with Crippen LogP contribution >= 0.6 is 11.8 Å². The molecule has 3 heteroatoms. The minimum atomic E-state index is 0.764. The molecule has 0 radical (unpaired) electrons. The maximum absolute atomic E-state index is 3.13. The third kappa shape index (κ3) is 2.90. The summed E-state index contributed by atoms with van der Waals surface area (Å²) in [6, 6.07) is 9.27. The molecular formula is C18H22N2S. The van der Waals surface area contributed by atoms with Crippen LogP contribution in [0.3, 0.4) is 0 Å². The Hall–Kier alpha value is -1.19. The first-order valence-electron chi connectivity index (χ1n) is 8.04. The molecule has 2 aliphatic rings. The van der Waals surface area contributed by atoms with Crippen LogP contribution in [0, 0.1) is 0 Å². The molecule has 2 aromatic rings. The van der Waals surface area contributed by atoms with Crippen molar-refractivity contribution >= 4 is 11.8 Å². The van der Waals surface area contributed by atoms with Gasteiger partial charge in [0.1, 0.15) is 0 Å². The second kappa shape index (κ2) is 5.90. The molecule has 1 fully saturated rings. The number of fused-ring (bicyclic) bond motifs is 1. The van der Waals surface area contributed by atoms with Crippen molar-refractivity contribution < 1.29 is 0 Å². The highest BCUT2D eigenvalue weighted by atomic mass is 32.2. The van der Waals surface area contributed by atoms with Crippen molar-refractivity contribution in [1.29, 1.82) is 0 Å². The zero-order valence-corrected chi connectivity index (χ0v) is 13.2. The number of benzene rings is 1. The van der Waals surface area contributed by atoms with Gasteiger partial charge in [-0.25, -0.2) is 0 Å². The average molecular weight is 298 g/mol. The fourth-order valence-corrected chi connectivity index (χ4v) is 4.40. The van der Waals surface area contributed by atoms with E-state index in [1.165, 1.54) is 55.1 Å². The Balaban J connectivity index is 1.53. The molecule has 1 atom stereocenters. The van der Waals surface area contributed by atoms with Crippen LogP contribution in [-0.4, -0.2) is 29.5 Å². The number of nitrogens with one attached hydrogen (secondary N) is 1. The van der Waals surface area contributed by atoms with Crippen molar-refractivity contribution in [1.82, 2.24) is 9.88 Å². The van der Waals surface area contributed by atoms with E-state index in [0.29, 0.717) is 0 Å². The van der Waals surface area contributed by atoms with Gasteiger partial charge in [0.15, 0.2) is 0 Å². The monoisotopic (exact) mass is 298 g/mol. The molecule has 1 N–H and O–H groups in total. The Morgan fingerprint density at radius 1 is 1.14 bits per heavy atom. The Morgan fingerprint density at radius 2 is 2.10 bits per heavy atom. The van der Waals surface area contributed by atoms with Crippen molar-refractivity contribution in [2.45, 2.75) is 41.4 Å². The molecule has 1 saturated heterocycles. The molecule has 1 aromatic carbocycles. The molecule has 2 heterocycles. The summed E-state index contributed by atoms with van der Waals surface area (Å²) in [5, 5.41) is 0. The van der Waals surface area contributed by atoms with Crippen molar-refractivity contribution in [2.75, 3.05) is 19.6 Å². The van der Waals surface area contributed by atoms with E-state index in [1.54, 1.807) is 11.1 Å². The smallest absolute Gasteiger partial charge is 0.0296 e. The molecule has 1 aliphatic heterocycles. The maximum atomic E-state index is 3.13. The first-order valence-corrected chi connectivity index (χ1v) is 8.86. The van der Waals surface area contributed by atoms with E-state index < -0.39 is 0 Å². The topological polar surface area (TPSA) is 19.0 Å². The van der Waals surface area contributed by atoms with Crippen LogP contribution in [-0.2, 0) is 6.42 Å². The molecule has 1 aliphatic carbocycles. The van der Waals surface area contributed by atoms with Gasteiger partial charge in [-0.2, -0.15) is 0 Å². The number of aromatic amines is 1. The Bertz CT molecular complexity index is 602. The van der Waals surface area contributed by atoms with Crippen LogP contribution in [0.25, 0.3) is 0 Å². The van der Waals surface area contributed by atoms with E-state index in [0.717, 1.165) is 5.92 Å². The Kier molecular flexibility index (Phi) is 3.78. The highest BCUT2D eigenvalue weighted by Gasteiger charge is 2.24. The number of rotatable bonds is 4. The maximum Gasteiger partial charge on any atom is 0.0296 e. The van der Waals surface area contributed by atoms with E-state index in [1.807, 2.05) is 18.0 Å².